The van der Waals surface area contributed by atoms with Crippen LogP contribution in [-0.2, 0) is 9.53 Å². The van der Waals surface area contributed by atoms with E-state index in [1.54, 1.807) is 6.92 Å². The molecule has 7 heteroatoms. The maximum absolute atomic E-state index is 11.1. The van der Waals surface area contributed by atoms with Crippen molar-refractivity contribution in [1.82, 2.24) is 0 Å². The molecule has 0 fully saturated rings. The van der Waals surface area contributed by atoms with Crippen molar-refractivity contribution in [1.29, 1.82) is 0 Å². The molecule has 1 atom stereocenters. The first-order valence-electron chi connectivity index (χ1n) is 5.17. The number of methoxy groups -OCH3 is 1. The number of nitrogens with zero attached hydrogens (tertiary/aromatic N) is 1. The Bertz CT molecular complexity index is 487. The third kappa shape index (κ3) is 2.75. The Labute approximate surface area is 103 Å². The predicted octanol–water partition coefficient (Wildman–Crippen LogP) is 1.17. The number of phenols is 1. The topological polar surface area (TPSA) is 116 Å². The molecule has 1 aromatic carbocycles. The molecule has 0 amide bonds. The zero-order chi connectivity index (χ0) is 13.9. The van der Waals surface area contributed by atoms with Crippen LogP contribution in [0.5, 0.6) is 5.75 Å². The van der Waals surface area contributed by atoms with E-state index in [4.69, 9.17) is 5.73 Å². The molecule has 0 heterocycles. The lowest BCUT2D eigenvalue weighted by molar-refractivity contribution is -0.385. The molecule has 0 aliphatic rings. The number of nitro groups is 1. The van der Waals surface area contributed by atoms with Crippen molar-refractivity contribution in [3.05, 3.63) is 33.4 Å². The van der Waals surface area contributed by atoms with E-state index in [1.165, 1.54) is 19.2 Å². The lowest BCUT2D eigenvalue weighted by Gasteiger charge is -2.14. The normalized spacial score (nSPS) is 11.9. The second-order valence-electron chi connectivity index (χ2n) is 3.81. The largest absolute Gasteiger partial charge is 0.507 e. The molecule has 0 saturated carbocycles. The van der Waals surface area contributed by atoms with Crippen LogP contribution in [0.15, 0.2) is 12.1 Å². The molecule has 18 heavy (non-hydrogen) atoms. The van der Waals surface area contributed by atoms with E-state index >= 15 is 0 Å². The number of aromatic hydroxyl groups is 1. The standard InChI is InChI=1S/C11H14N2O5/c1-6-3-4-8(13(16)17)10(11(6)15)7(12)5-9(14)18-2/h3-4,7,15H,5,12H2,1-2H3/t7-/m0/s1. The fourth-order valence-corrected chi connectivity index (χ4v) is 1.60. The van der Waals surface area contributed by atoms with E-state index in [0.717, 1.165) is 0 Å². The molecule has 0 aliphatic carbocycles. The van der Waals surface area contributed by atoms with E-state index in [1.807, 2.05) is 0 Å². The molecule has 0 aliphatic heterocycles. The Hall–Kier alpha value is -2.15. The quantitative estimate of drug-likeness (QED) is 0.473. The van der Waals surface area contributed by atoms with Gasteiger partial charge in [0, 0.05) is 6.07 Å². The summed E-state index contributed by atoms with van der Waals surface area (Å²) in [5.74, 6) is -0.863. The van der Waals surface area contributed by atoms with E-state index < -0.39 is 16.9 Å². The lowest BCUT2D eigenvalue weighted by atomic mass is 9.99. The number of carbonyl (C=O) groups is 1. The van der Waals surface area contributed by atoms with Gasteiger partial charge in [-0.15, -0.1) is 0 Å². The molecule has 3 N–H and O–H groups in total. The molecule has 0 spiro atoms. The van der Waals surface area contributed by atoms with Crippen LogP contribution in [0.3, 0.4) is 0 Å². The molecule has 0 unspecified atom stereocenters. The van der Waals surface area contributed by atoms with Gasteiger partial charge in [0.1, 0.15) is 5.75 Å². The number of benzene rings is 1. The SMILES string of the molecule is COC(=O)C[C@H](N)c1c([N+](=O)[O-])ccc(C)c1O. The van der Waals surface area contributed by atoms with E-state index in [2.05, 4.69) is 4.74 Å². The van der Waals surface area contributed by atoms with E-state index in [-0.39, 0.29) is 23.4 Å². The molecule has 0 bridgehead atoms. The van der Waals surface area contributed by atoms with Crippen LogP contribution in [0, 0.1) is 17.0 Å². The van der Waals surface area contributed by atoms with Crippen molar-refractivity contribution < 1.29 is 19.6 Å². The summed E-state index contributed by atoms with van der Waals surface area (Å²) >= 11 is 0. The van der Waals surface area contributed by atoms with Crippen molar-refractivity contribution >= 4 is 11.7 Å². The number of rotatable bonds is 4. The second kappa shape index (κ2) is 5.46. The van der Waals surface area contributed by atoms with Gasteiger partial charge in [0.25, 0.3) is 5.69 Å². The zero-order valence-corrected chi connectivity index (χ0v) is 10.0. The highest BCUT2D eigenvalue weighted by molar-refractivity contribution is 5.71. The van der Waals surface area contributed by atoms with E-state index in [0.29, 0.717) is 5.56 Å². The van der Waals surface area contributed by atoms with Crippen molar-refractivity contribution in [3.63, 3.8) is 0 Å². The molecular formula is C11H14N2O5. The van der Waals surface area contributed by atoms with Crippen LogP contribution >= 0.6 is 0 Å². The van der Waals surface area contributed by atoms with Crippen LogP contribution in [0.4, 0.5) is 5.69 Å². The van der Waals surface area contributed by atoms with Crippen molar-refractivity contribution in [2.24, 2.45) is 5.73 Å². The summed E-state index contributed by atoms with van der Waals surface area (Å²) in [6.45, 7) is 1.59. The Kier molecular flexibility index (Phi) is 4.22. The molecule has 7 nitrogen and oxygen atoms in total. The minimum atomic E-state index is -0.988. The summed E-state index contributed by atoms with van der Waals surface area (Å²) in [4.78, 5) is 21.3. The van der Waals surface area contributed by atoms with Gasteiger partial charge in [-0.2, -0.15) is 0 Å². The van der Waals surface area contributed by atoms with E-state index in [9.17, 15) is 20.0 Å². The number of phenolic OH excluding ortho intramolecular Hbond substituents is 1. The number of nitrogens with two attached hydrogens (primary N) is 1. The number of ether oxygens (including phenoxy) is 1. The van der Waals surface area contributed by atoms with Gasteiger partial charge in [-0.25, -0.2) is 0 Å². The predicted molar refractivity (Wildman–Crippen MR) is 63.1 cm³/mol. The molecule has 1 rings (SSSR count). The average Bonchev–Trinajstić information content (AvgIpc) is 2.31. The highest BCUT2D eigenvalue weighted by Crippen LogP contribution is 2.36. The van der Waals surface area contributed by atoms with Gasteiger partial charge in [0.05, 0.1) is 30.1 Å². The van der Waals surface area contributed by atoms with Crippen LogP contribution < -0.4 is 5.73 Å². The summed E-state index contributed by atoms with van der Waals surface area (Å²) < 4.78 is 4.44. The third-order valence-corrected chi connectivity index (χ3v) is 2.58. The zero-order valence-electron chi connectivity index (χ0n) is 10.0. The Balaban J connectivity index is 3.23. The maximum atomic E-state index is 11.1. The summed E-state index contributed by atoms with van der Waals surface area (Å²) in [5, 5.41) is 20.7. The Morgan fingerprint density at radius 1 is 1.61 bits per heavy atom. The number of hydrogen-bond acceptors (Lipinski definition) is 6. The van der Waals surface area contributed by atoms with Gasteiger partial charge < -0.3 is 15.6 Å². The summed E-state index contributed by atoms with van der Waals surface area (Å²) in [5.41, 5.74) is 5.81. The maximum Gasteiger partial charge on any atom is 0.307 e. The Morgan fingerprint density at radius 2 is 2.22 bits per heavy atom. The van der Waals surface area contributed by atoms with Gasteiger partial charge in [-0.1, -0.05) is 0 Å². The van der Waals surface area contributed by atoms with Gasteiger partial charge in [-0.05, 0) is 18.6 Å². The van der Waals surface area contributed by atoms with Gasteiger partial charge in [0.2, 0.25) is 0 Å². The first kappa shape index (κ1) is 13.9. The number of hydrogen-bond donors (Lipinski definition) is 2. The molecule has 0 radical (unpaired) electrons. The molecule has 1 aromatic rings. The molecule has 0 aromatic heterocycles. The lowest BCUT2D eigenvalue weighted by Crippen LogP contribution is -2.18. The molecule has 98 valence electrons. The Morgan fingerprint density at radius 3 is 2.72 bits per heavy atom. The first-order chi connectivity index (χ1) is 8.38. The summed E-state index contributed by atoms with van der Waals surface area (Å²) in [6.07, 6.45) is -0.242. The van der Waals surface area contributed by atoms with Crippen LogP contribution in [0.2, 0.25) is 0 Å². The highest BCUT2D eigenvalue weighted by Gasteiger charge is 2.26. The van der Waals surface area contributed by atoms with Crippen molar-refractivity contribution in [3.8, 4) is 5.75 Å². The average molecular weight is 254 g/mol. The monoisotopic (exact) mass is 254 g/mol. The van der Waals surface area contributed by atoms with Gasteiger partial charge in [0.15, 0.2) is 0 Å². The minimum absolute atomic E-state index is 0.0506. The number of nitro benzene ring substituents is 1. The van der Waals surface area contributed by atoms with Crippen LogP contribution in [-0.4, -0.2) is 23.1 Å². The van der Waals surface area contributed by atoms with Crippen molar-refractivity contribution in [2.75, 3.05) is 7.11 Å². The highest BCUT2D eigenvalue weighted by atomic mass is 16.6. The van der Waals surface area contributed by atoms with Crippen LogP contribution in [0.1, 0.15) is 23.6 Å². The fraction of sp³-hybridized carbons (Fsp3) is 0.364. The van der Waals surface area contributed by atoms with Gasteiger partial charge in [-0.3, -0.25) is 14.9 Å². The smallest absolute Gasteiger partial charge is 0.307 e. The summed E-state index contributed by atoms with van der Waals surface area (Å²) in [7, 11) is 1.19. The molecular weight excluding hydrogens is 240 g/mol. The molecule has 0 saturated heterocycles. The number of carbonyl (C=O) groups excluding carboxylic acids is 1. The first-order valence-corrected chi connectivity index (χ1v) is 5.17. The number of esters is 1. The second-order valence-corrected chi connectivity index (χ2v) is 3.81. The minimum Gasteiger partial charge on any atom is -0.507 e. The third-order valence-electron chi connectivity index (χ3n) is 2.58. The van der Waals surface area contributed by atoms with Crippen LogP contribution in [0.25, 0.3) is 0 Å². The fourth-order valence-electron chi connectivity index (χ4n) is 1.60. The number of aryl methyl sites for hydroxylation is 1. The summed E-state index contributed by atoms with van der Waals surface area (Å²) in [6, 6.07) is 1.68. The van der Waals surface area contributed by atoms with Gasteiger partial charge >= 0.3 is 5.97 Å². The van der Waals surface area contributed by atoms with Crippen molar-refractivity contribution in [2.45, 2.75) is 19.4 Å².